The van der Waals surface area contributed by atoms with Crippen LogP contribution in [0.4, 0.5) is 4.79 Å². The van der Waals surface area contributed by atoms with E-state index in [1.54, 1.807) is 7.05 Å². The number of nitrogens with zero attached hydrogens (tertiary/aromatic N) is 2. The van der Waals surface area contributed by atoms with Crippen LogP contribution in [0.1, 0.15) is 12.0 Å². The smallest absolute Gasteiger partial charge is 0.407 e. The van der Waals surface area contributed by atoms with Gasteiger partial charge in [-0.3, -0.25) is 9.69 Å². The van der Waals surface area contributed by atoms with Gasteiger partial charge in [-0.05, 0) is 29.2 Å². The maximum absolute atomic E-state index is 12.6. The van der Waals surface area contributed by atoms with Gasteiger partial charge in [0.15, 0.2) is 0 Å². The molecule has 28 heavy (non-hydrogen) atoms. The van der Waals surface area contributed by atoms with E-state index in [0.29, 0.717) is 32.5 Å². The van der Waals surface area contributed by atoms with Crippen molar-refractivity contribution < 1.29 is 19.8 Å². The molecule has 0 aliphatic carbocycles. The first-order valence-corrected chi connectivity index (χ1v) is 9.57. The lowest BCUT2D eigenvalue weighted by Gasteiger charge is -2.42. The zero-order valence-electron chi connectivity index (χ0n) is 16.0. The minimum absolute atomic E-state index is 0.0836. The molecule has 0 aromatic heterocycles. The number of hydrogen-bond donors (Lipinski definition) is 3. The number of benzene rings is 2. The van der Waals surface area contributed by atoms with Crippen LogP contribution in [-0.4, -0.2) is 77.4 Å². The molecule has 1 saturated heterocycles. The molecule has 1 aliphatic heterocycles. The van der Waals surface area contributed by atoms with Crippen molar-refractivity contribution in [2.24, 2.45) is 0 Å². The Balaban J connectivity index is 1.81. The van der Waals surface area contributed by atoms with E-state index in [9.17, 15) is 19.8 Å². The number of hydrogen-bond acceptors (Lipinski definition) is 4. The first kappa shape index (κ1) is 20.1. The molecule has 0 saturated carbocycles. The lowest BCUT2D eigenvalue weighted by Crippen LogP contribution is -2.60. The van der Waals surface area contributed by atoms with Crippen LogP contribution in [0, 0.1) is 0 Å². The fourth-order valence-electron chi connectivity index (χ4n) is 3.95. The van der Waals surface area contributed by atoms with Gasteiger partial charge in [0.25, 0.3) is 0 Å². The molecule has 1 aliphatic rings. The van der Waals surface area contributed by atoms with Crippen LogP contribution in [0.5, 0.6) is 0 Å². The van der Waals surface area contributed by atoms with Gasteiger partial charge in [-0.2, -0.15) is 0 Å². The summed E-state index contributed by atoms with van der Waals surface area (Å²) in [5.41, 5.74) is 1.06. The van der Waals surface area contributed by atoms with Crippen molar-refractivity contribution in [3.8, 4) is 0 Å². The summed E-state index contributed by atoms with van der Waals surface area (Å²) < 4.78 is 0. The van der Waals surface area contributed by atoms with E-state index in [1.807, 2.05) is 23.1 Å². The summed E-state index contributed by atoms with van der Waals surface area (Å²) in [6.45, 7) is 1.15. The molecular weight excluding hydrogens is 358 g/mol. The number of likely N-dealkylation sites (N-methyl/N-ethyl adjacent to an activating group) is 1. The number of aliphatic hydroxyl groups is 1. The highest BCUT2D eigenvalue weighted by atomic mass is 16.4. The fourth-order valence-corrected chi connectivity index (χ4v) is 3.95. The Labute approximate surface area is 164 Å². The van der Waals surface area contributed by atoms with Crippen LogP contribution < -0.4 is 5.32 Å². The number of amides is 2. The van der Waals surface area contributed by atoms with Crippen LogP contribution in [0.3, 0.4) is 0 Å². The summed E-state index contributed by atoms with van der Waals surface area (Å²) in [5.74, 6) is -0.0836. The molecule has 3 rings (SSSR count). The zero-order chi connectivity index (χ0) is 20.1. The molecule has 7 heteroatoms. The molecule has 2 aromatic rings. The van der Waals surface area contributed by atoms with Crippen LogP contribution in [-0.2, 0) is 11.2 Å². The second-order valence-electron chi connectivity index (χ2n) is 7.15. The average Bonchev–Trinajstić information content (AvgIpc) is 2.71. The molecule has 0 spiro atoms. The molecule has 2 atom stereocenters. The number of carbonyl (C=O) groups is 2. The Morgan fingerprint density at radius 1 is 1.18 bits per heavy atom. The summed E-state index contributed by atoms with van der Waals surface area (Å²) in [6.07, 6.45) is -0.0769. The van der Waals surface area contributed by atoms with E-state index in [0.717, 1.165) is 16.3 Å². The number of rotatable bonds is 6. The van der Waals surface area contributed by atoms with Gasteiger partial charge in [-0.15, -0.1) is 0 Å². The number of nitrogens with one attached hydrogen (secondary N) is 1. The molecule has 0 bridgehead atoms. The van der Waals surface area contributed by atoms with Crippen LogP contribution in [0.15, 0.2) is 42.5 Å². The highest BCUT2D eigenvalue weighted by molar-refractivity contribution is 5.84. The molecule has 0 radical (unpaired) electrons. The lowest BCUT2D eigenvalue weighted by molar-refractivity contribution is -0.127. The fraction of sp³-hybridized carbons (Fsp3) is 0.429. The number of carboxylic acid groups (broad SMARTS) is 1. The Kier molecular flexibility index (Phi) is 6.49. The van der Waals surface area contributed by atoms with Crippen molar-refractivity contribution in [1.29, 1.82) is 0 Å². The van der Waals surface area contributed by atoms with Crippen molar-refractivity contribution >= 4 is 22.8 Å². The summed E-state index contributed by atoms with van der Waals surface area (Å²) in [5, 5.41) is 23.7. The van der Waals surface area contributed by atoms with Gasteiger partial charge in [0, 0.05) is 39.3 Å². The van der Waals surface area contributed by atoms with Crippen molar-refractivity contribution in [3.05, 3.63) is 48.0 Å². The SMILES string of the molecule is CNC(=O)C(Cc1ccc2ccccc2c1)N1CCN(C(=O)O)C(CCO)C1. The maximum atomic E-state index is 12.6. The second-order valence-corrected chi connectivity index (χ2v) is 7.15. The highest BCUT2D eigenvalue weighted by Gasteiger charge is 2.35. The van der Waals surface area contributed by atoms with E-state index in [-0.39, 0.29) is 24.6 Å². The summed E-state index contributed by atoms with van der Waals surface area (Å²) in [7, 11) is 1.62. The summed E-state index contributed by atoms with van der Waals surface area (Å²) >= 11 is 0. The molecule has 3 N–H and O–H groups in total. The monoisotopic (exact) mass is 385 g/mol. The number of carbonyl (C=O) groups excluding carboxylic acids is 1. The van der Waals surface area contributed by atoms with Gasteiger partial charge in [-0.1, -0.05) is 42.5 Å². The van der Waals surface area contributed by atoms with Crippen LogP contribution >= 0.6 is 0 Å². The number of fused-ring (bicyclic) bond motifs is 1. The molecule has 7 nitrogen and oxygen atoms in total. The van der Waals surface area contributed by atoms with Gasteiger partial charge in [0.1, 0.15) is 0 Å². The second kappa shape index (κ2) is 9.03. The quantitative estimate of drug-likeness (QED) is 0.702. The van der Waals surface area contributed by atoms with Gasteiger partial charge in [0.05, 0.1) is 6.04 Å². The van der Waals surface area contributed by atoms with Crippen LogP contribution in [0.25, 0.3) is 10.8 Å². The maximum Gasteiger partial charge on any atom is 0.407 e. The van der Waals surface area contributed by atoms with Crippen molar-refractivity contribution in [1.82, 2.24) is 15.1 Å². The Bertz CT molecular complexity index is 841. The molecule has 150 valence electrons. The minimum Gasteiger partial charge on any atom is -0.465 e. The molecular formula is C21H27N3O4. The van der Waals surface area contributed by atoms with Crippen molar-refractivity contribution in [2.45, 2.75) is 24.9 Å². The van der Waals surface area contributed by atoms with Crippen LogP contribution in [0.2, 0.25) is 0 Å². The summed E-state index contributed by atoms with van der Waals surface area (Å²) in [4.78, 5) is 27.5. The highest BCUT2D eigenvalue weighted by Crippen LogP contribution is 2.21. The zero-order valence-corrected chi connectivity index (χ0v) is 16.0. The van der Waals surface area contributed by atoms with E-state index in [4.69, 9.17) is 0 Å². The molecule has 2 amide bonds. The third kappa shape index (κ3) is 4.43. The number of piperazine rings is 1. The van der Waals surface area contributed by atoms with Gasteiger partial charge >= 0.3 is 6.09 Å². The Morgan fingerprint density at radius 3 is 2.61 bits per heavy atom. The molecule has 1 fully saturated rings. The topological polar surface area (TPSA) is 93.1 Å². The third-order valence-corrected chi connectivity index (χ3v) is 5.45. The predicted octanol–water partition coefficient (Wildman–Crippen LogP) is 1.54. The van der Waals surface area contributed by atoms with Crippen molar-refractivity contribution in [2.75, 3.05) is 33.3 Å². The average molecular weight is 385 g/mol. The molecule has 2 unspecified atom stereocenters. The van der Waals surface area contributed by atoms with Gasteiger partial charge in [-0.25, -0.2) is 4.79 Å². The van der Waals surface area contributed by atoms with Gasteiger partial charge < -0.3 is 20.4 Å². The normalized spacial score (nSPS) is 18.8. The standard InChI is InChI=1S/C21H27N3O4/c1-22-20(26)19(13-15-6-7-16-4-2-3-5-17(16)12-15)23-9-10-24(21(27)28)18(14-23)8-11-25/h2-7,12,18-19,25H,8-11,13-14H2,1H3,(H,22,26)(H,27,28). The van der Waals surface area contributed by atoms with E-state index >= 15 is 0 Å². The number of aliphatic hydroxyl groups excluding tert-OH is 1. The lowest BCUT2D eigenvalue weighted by atomic mass is 9.98. The van der Waals surface area contributed by atoms with E-state index in [2.05, 4.69) is 29.6 Å². The van der Waals surface area contributed by atoms with E-state index in [1.165, 1.54) is 4.90 Å². The summed E-state index contributed by atoms with van der Waals surface area (Å²) in [6, 6.07) is 13.6. The third-order valence-electron chi connectivity index (χ3n) is 5.45. The first-order chi connectivity index (χ1) is 13.5. The predicted molar refractivity (Wildman–Crippen MR) is 107 cm³/mol. The minimum atomic E-state index is -0.982. The largest absolute Gasteiger partial charge is 0.465 e. The Morgan fingerprint density at radius 2 is 1.93 bits per heavy atom. The van der Waals surface area contributed by atoms with Gasteiger partial charge in [0.2, 0.25) is 5.91 Å². The molecule has 1 heterocycles. The first-order valence-electron chi connectivity index (χ1n) is 9.57. The van der Waals surface area contributed by atoms with Crippen molar-refractivity contribution in [3.63, 3.8) is 0 Å². The van der Waals surface area contributed by atoms with E-state index < -0.39 is 6.09 Å². The Hall–Kier alpha value is -2.64. The molecule has 2 aromatic carbocycles.